The van der Waals surface area contributed by atoms with Gasteiger partial charge in [0.1, 0.15) is 0 Å². The van der Waals surface area contributed by atoms with E-state index in [-0.39, 0.29) is 0 Å². The van der Waals surface area contributed by atoms with E-state index in [2.05, 4.69) is 69.8 Å². The standard InChI is InChI=1S/C15H16BrNS/c1-17-10-12-4-3-7-15(9-12)18-11-13-5-2-6-14(16)8-13/h2-9,17H,10-11H2,1H3. The van der Waals surface area contributed by atoms with Crippen molar-refractivity contribution >= 4 is 27.7 Å². The highest BCUT2D eigenvalue weighted by Gasteiger charge is 1.99. The third-order valence-corrected chi connectivity index (χ3v) is 4.13. The van der Waals surface area contributed by atoms with E-state index in [0.29, 0.717) is 0 Å². The van der Waals surface area contributed by atoms with Crippen LogP contribution in [0, 0.1) is 0 Å². The molecule has 0 amide bonds. The molecular formula is C15H16BrNS. The van der Waals surface area contributed by atoms with Gasteiger partial charge in [0.05, 0.1) is 0 Å². The van der Waals surface area contributed by atoms with Crippen molar-refractivity contribution in [3.63, 3.8) is 0 Å². The van der Waals surface area contributed by atoms with Gasteiger partial charge in [0.15, 0.2) is 0 Å². The van der Waals surface area contributed by atoms with E-state index in [0.717, 1.165) is 16.8 Å². The molecule has 0 fully saturated rings. The molecule has 2 rings (SSSR count). The molecule has 1 nitrogen and oxygen atoms in total. The maximum Gasteiger partial charge on any atom is 0.0232 e. The van der Waals surface area contributed by atoms with Crippen molar-refractivity contribution in [2.75, 3.05) is 7.05 Å². The summed E-state index contributed by atoms with van der Waals surface area (Å²) in [7, 11) is 1.97. The van der Waals surface area contributed by atoms with Gasteiger partial charge in [0, 0.05) is 21.7 Å². The van der Waals surface area contributed by atoms with Crippen LogP contribution in [-0.2, 0) is 12.3 Å². The second kappa shape index (κ2) is 6.98. The van der Waals surface area contributed by atoms with Gasteiger partial charge in [-0.15, -0.1) is 11.8 Å². The zero-order valence-electron chi connectivity index (χ0n) is 10.3. The number of hydrogen-bond donors (Lipinski definition) is 1. The van der Waals surface area contributed by atoms with Gasteiger partial charge in [0.2, 0.25) is 0 Å². The molecule has 0 saturated carbocycles. The van der Waals surface area contributed by atoms with Gasteiger partial charge < -0.3 is 5.32 Å². The molecule has 18 heavy (non-hydrogen) atoms. The quantitative estimate of drug-likeness (QED) is 0.816. The maximum absolute atomic E-state index is 3.50. The van der Waals surface area contributed by atoms with Crippen molar-refractivity contribution in [2.24, 2.45) is 0 Å². The largest absolute Gasteiger partial charge is 0.316 e. The zero-order valence-corrected chi connectivity index (χ0v) is 12.7. The van der Waals surface area contributed by atoms with E-state index in [1.54, 1.807) is 0 Å². The molecule has 0 aromatic heterocycles. The van der Waals surface area contributed by atoms with Gasteiger partial charge >= 0.3 is 0 Å². The fourth-order valence-corrected chi connectivity index (χ4v) is 3.11. The summed E-state index contributed by atoms with van der Waals surface area (Å²) >= 11 is 5.38. The lowest BCUT2D eigenvalue weighted by Gasteiger charge is -2.05. The zero-order chi connectivity index (χ0) is 12.8. The molecular weight excluding hydrogens is 306 g/mol. The monoisotopic (exact) mass is 321 g/mol. The maximum atomic E-state index is 3.50. The summed E-state index contributed by atoms with van der Waals surface area (Å²) in [4.78, 5) is 1.32. The predicted molar refractivity (Wildman–Crippen MR) is 82.9 cm³/mol. The first-order chi connectivity index (χ1) is 8.78. The van der Waals surface area contributed by atoms with E-state index in [1.165, 1.54) is 16.0 Å². The van der Waals surface area contributed by atoms with Gasteiger partial charge in [-0.3, -0.25) is 0 Å². The van der Waals surface area contributed by atoms with E-state index in [9.17, 15) is 0 Å². The Morgan fingerprint density at radius 3 is 2.61 bits per heavy atom. The highest BCUT2D eigenvalue weighted by Crippen LogP contribution is 2.24. The summed E-state index contributed by atoms with van der Waals surface area (Å²) in [6.45, 7) is 0.922. The van der Waals surface area contributed by atoms with Crippen LogP contribution in [0.25, 0.3) is 0 Å². The Balaban J connectivity index is 1.99. The number of thioether (sulfide) groups is 1. The molecule has 1 N–H and O–H groups in total. The smallest absolute Gasteiger partial charge is 0.0232 e. The summed E-state index contributed by atoms with van der Waals surface area (Å²) in [5.41, 5.74) is 2.67. The summed E-state index contributed by atoms with van der Waals surface area (Å²) in [6, 6.07) is 17.2. The molecule has 0 aliphatic heterocycles. The molecule has 0 spiro atoms. The molecule has 0 heterocycles. The molecule has 0 aliphatic carbocycles. The predicted octanol–water partition coefficient (Wildman–Crippen LogP) is 4.46. The van der Waals surface area contributed by atoms with Gasteiger partial charge in [-0.1, -0.05) is 40.2 Å². The second-order valence-electron chi connectivity index (χ2n) is 4.10. The van der Waals surface area contributed by atoms with E-state index in [1.807, 2.05) is 18.8 Å². The molecule has 2 aromatic carbocycles. The summed E-state index contributed by atoms with van der Waals surface area (Å²) < 4.78 is 1.14. The molecule has 0 aliphatic rings. The van der Waals surface area contributed by atoms with Gasteiger partial charge in [-0.2, -0.15) is 0 Å². The minimum absolute atomic E-state index is 0.922. The first-order valence-corrected chi connectivity index (χ1v) is 7.66. The second-order valence-corrected chi connectivity index (χ2v) is 6.06. The van der Waals surface area contributed by atoms with Gasteiger partial charge in [0.25, 0.3) is 0 Å². The Morgan fingerprint density at radius 1 is 1.06 bits per heavy atom. The van der Waals surface area contributed by atoms with E-state index >= 15 is 0 Å². The molecule has 0 saturated heterocycles. The van der Waals surface area contributed by atoms with Gasteiger partial charge in [-0.05, 0) is 42.4 Å². The number of hydrogen-bond acceptors (Lipinski definition) is 2. The normalized spacial score (nSPS) is 10.6. The first-order valence-electron chi connectivity index (χ1n) is 5.89. The van der Waals surface area contributed by atoms with Crippen LogP contribution in [0.4, 0.5) is 0 Å². The first kappa shape index (κ1) is 13.7. The van der Waals surface area contributed by atoms with Crippen molar-refractivity contribution in [1.29, 1.82) is 0 Å². The van der Waals surface area contributed by atoms with E-state index < -0.39 is 0 Å². The van der Waals surface area contributed by atoms with Gasteiger partial charge in [-0.25, -0.2) is 0 Å². The van der Waals surface area contributed by atoms with Crippen molar-refractivity contribution in [2.45, 2.75) is 17.2 Å². The topological polar surface area (TPSA) is 12.0 Å². The molecule has 0 atom stereocenters. The van der Waals surface area contributed by atoms with Crippen molar-refractivity contribution in [3.05, 3.63) is 64.1 Å². The average Bonchev–Trinajstić information content (AvgIpc) is 2.37. The van der Waals surface area contributed by atoms with Crippen LogP contribution in [0.3, 0.4) is 0 Å². The third-order valence-electron chi connectivity index (χ3n) is 2.57. The summed E-state index contributed by atoms with van der Waals surface area (Å²) in [5.74, 6) is 1.00. The number of nitrogens with one attached hydrogen (secondary N) is 1. The number of rotatable bonds is 5. The number of halogens is 1. The van der Waals surface area contributed by atoms with Crippen LogP contribution in [0.1, 0.15) is 11.1 Å². The van der Waals surface area contributed by atoms with Crippen LogP contribution >= 0.6 is 27.7 Å². The van der Waals surface area contributed by atoms with Crippen LogP contribution in [0.15, 0.2) is 57.9 Å². The third kappa shape index (κ3) is 4.16. The Labute approximate surface area is 121 Å². The molecule has 94 valence electrons. The minimum Gasteiger partial charge on any atom is -0.316 e. The lowest BCUT2D eigenvalue weighted by Crippen LogP contribution is -2.04. The van der Waals surface area contributed by atoms with Crippen molar-refractivity contribution in [1.82, 2.24) is 5.32 Å². The van der Waals surface area contributed by atoms with Crippen LogP contribution in [0.5, 0.6) is 0 Å². The SMILES string of the molecule is CNCc1cccc(SCc2cccc(Br)c2)c1. The Bertz CT molecular complexity index is 513. The lowest BCUT2D eigenvalue weighted by molar-refractivity contribution is 0.815. The van der Waals surface area contributed by atoms with Crippen LogP contribution < -0.4 is 5.32 Å². The number of benzene rings is 2. The average molecular weight is 322 g/mol. The summed E-state index contributed by atoms with van der Waals surface area (Å²) in [6.07, 6.45) is 0. The molecule has 0 unspecified atom stereocenters. The molecule has 2 aromatic rings. The minimum atomic E-state index is 0.922. The summed E-state index contributed by atoms with van der Waals surface area (Å²) in [5, 5.41) is 3.18. The Hall–Kier alpha value is -0.770. The molecule has 3 heteroatoms. The van der Waals surface area contributed by atoms with Crippen molar-refractivity contribution < 1.29 is 0 Å². The van der Waals surface area contributed by atoms with Crippen LogP contribution in [-0.4, -0.2) is 7.05 Å². The Kier molecular flexibility index (Phi) is 5.29. The lowest BCUT2D eigenvalue weighted by atomic mass is 10.2. The van der Waals surface area contributed by atoms with Crippen molar-refractivity contribution in [3.8, 4) is 0 Å². The fourth-order valence-electron chi connectivity index (χ4n) is 1.74. The van der Waals surface area contributed by atoms with Crippen LogP contribution in [0.2, 0.25) is 0 Å². The van der Waals surface area contributed by atoms with E-state index in [4.69, 9.17) is 0 Å². The fraction of sp³-hybridized carbons (Fsp3) is 0.200. The molecule has 0 radical (unpaired) electrons. The highest BCUT2D eigenvalue weighted by atomic mass is 79.9. The highest BCUT2D eigenvalue weighted by molar-refractivity contribution is 9.10. The molecule has 0 bridgehead atoms. The Morgan fingerprint density at radius 2 is 1.83 bits per heavy atom.